The Bertz CT molecular complexity index is 854. The van der Waals surface area contributed by atoms with Crippen molar-refractivity contribution in [1.29, 1.82) is 0 Å². The highest BCUT2D eigenvalue weighted by atomic mass is 35.5. The van der Waals surface area contributed by atoms with Gasteiger partial charge in [0.1, 0.15) is 5.82 Å². The molecule has 1 fully saturated rings. The number of nitrogens with zero attached hydrogens (tertiary/aromatic N) is 1. The van der Waals surface area contributed by atoms with Crippen LogP contribution >= 0.6 is 11.6 Å². The van der Waals surface area contributed by atoms with Gasteiger partial charge in [-0.2, -0.15) is 13.2 Å². The number of halogens is 5. The highest BCUT2D eigenvalue weighted by Crippen LogP contribution is 2.33. The Morgan fingerprint density at radius 3 is 2.50 bits per heavy atom. The summed E-state index contributed by atoms with van der Waals surface area (Å²) >= 11 is 5.94. The molecule has 3 rings (SSSR count). The summed E-state index contributed by atoms with van der Waals surface area (Å²) in [5, 5.41) is 3.88. The van der Waals surface area contributed by atoms with E-state index in [0.29, 0.717) is 36.7 Å². The summed E-state index contributed by atoms with van der Waals surface area (Å²) in [7, 11) is 1.57. The van der Waals surface area contributed by atoms with E-state index in [1.54, 1.807) is 19.2 Å². The topological polar surface area (TPSA) is 32.3 Å². The molecule has 3 nitrogen and oxygen atoms in total. The summed E-state index contributed by atoms with van der Waals surface area (Å²) in [4.78, 5) is 14.3. The summed E-state index contributed by atoms with van der Waals surface area (Å²) in [6, 6.07) is 9.42. The number of benzene rings is 2. The van der Waals surface area contributed by atoms with Crippen molar-refractivity contribution in [3.8, 4) is 0 Å². The Labute approximate surface area is 165 Å². The molecule has 0 aromatic heterocycles. The van der Waals surface area contributed by atoms with E-state index in [-0.39, 0.29) is 17.5 Å². The molecule has 1 heterocycles. The van der Waals surface area contributed by atoms with E-state index in [4.69, 9.17) is 11.6 Å². The van der Waals surface area contributed by atoms with Gasteiger partial charge >= 0.3 is 6.18 Å². The first-order valence-corrected chi connectivity index (χ1v) is 9.16. The predicted octanol–water partition coefficient (Wildman–Crippen LogP) is 4.72. The van der Waals surface area contributed by atoms with Gasteiger partial charge in [0.15, 0.2) is 0 Å². The Morgan fingerprint density at radius 2 is 1.86 bits per heavy atom. The number of nitrogens with one attached hydrogen (secondary N) is 1. The van der Waals surface area contributed by atoms with Gasteiger partial charge in [0.05, 0.1) is 5.56 Å². The molecule has 0 saturated carbocycles. The highest BCUT2D eigenvalue weighted by Gasteiger charge is 2.36. The molecule has 150 valence electrons. The number of rotatable bonds is 3. The van der Waals surface area contributed by atoms with Crippen LogP contribution in [0.3, 0.4) is 0 Å². The minimum absolute atomic E-state index is 0.0394. The van der Waals surface area contributed by atoms with E-state index in [1.807, 2.05) is 12.1 Å². The summed E-state index contributed by atoms with van der Waals surface area (Å²) in [5.74, 6) is -2.01. The van der Waals surface area contributed by atoms with Crippen molar-refractivity contribution < 1.29 is 22.4 Å². The lowest BCUT2D eigenvalue weighted by atomic mass is 9.85. The summed E-state index contributed by atoms with van der Waals surface area (Å²) in [6.45, 7) is 1.31. The van der Waals surface area contributed by atoms with Gasteiger partial charge in [-0.3, -0.25) is 4.79 Å². The van der Waals surface area contributed by atoms with Crippen LogP contribution in [-0.2, 0) is 6.18 Å². The van der Waals surface area contributed by atoms with Crippen LogP contribution in [0.1, 0.15) is 33.8 Å². The third-order valence-corrected chi connectivity index (χ3v) is 5.33. The fourth-order valence-corrected chi connectivity index (χ4v) is 3.71. The Hall–Kier alpha value is -2.12. The molecule has 1 saturated heterocycles. The van der Waals surface area contributed by atoms with Gasteiger partial charge in [-0.25, -0.2) is 4.39 Å². The second kappa shape index (κ2) is 8.09. The maximum absolute atomic E-state index is 13.5. The zero-order chi connectivity index (χ0) is 20.5. The van der Waals surface area contributed by atoms with Crippen LogP contribution in [0.4, 0.5) is 17.6 Å². The number of amides is 1. The van der Waals surface area contributed by atoms with Crippen LogP contribution in [-0.4, -0.2) is 37.0 Å². The minimum Gasteiger partial charge on any atom is -0.338 e. The van der Waals surface area contributed by atoms with E-state index in [0.717, 1.165) is 11.6 Å². The van der Waals surface area contributed by atoms with Gasteiger partial charge in [-0.15, -0.1) is 0 Å². The first-order valence-electron chi connectivity index (χ1n) is 8.78. The lowest BCUT2D eigenvalue weighted by Gasteiger charge is -2.39. The third-order valence-electron chi connectivity index (χ3n) is 5.08. The maximum Gasteiger partial charge on any atom is 0.419 e. The zero-order valence-electron chi connectivity index (χ0n) is 15.1. The quantitative estimate of drug-likeness (QED) is 0.737. The van der Waals surface area contributed by atoms with Crippen molar-refractivity contribution in [3.63, 3.8) is 0 Å². The van der Waals surface area contributed by atoms with Crippen molar-refractivity contribution in [2.75, 3.05) is 20.1 Å². The molecule has 1 N–H and O–H groups in total. The average Bonchev–Trinajstić information content (AvgIpc) is 2.67. The summed E-state index contributed by atoms with van der Waals surface area (Å²) < 4.78 is 52.5. The number of carbonyl (C=O) groups is 1. The number of carbonyl (C=O) groups excluding carboxylic acids is 1. The van der Waals surface area contributed by atoms with E-state index >= 15 is 0 Å². The van der Waals surface area contributed by atoms with Gasteiger partial charge in [0.25, 0.3) is 5.91 Å². The first kappa shape index (κ1) is 20.6. The first-order chi connectivity index (χ1) is 13.2. The molecular formula is C20H19ClF4N2O. The molecule has 0 spiro atoms. The summed E-state index contributed by atoms with van der Waals surface area (Å²) in [5.41, 5.74) is -0.646. The molecule has 1 amide bonds. The Morgan fingerprint density at radius 1 is 1.18 bits per heavy atom. The van der Waals surface area contributed by atoms with Crippen molar-refractivity contribution >= 4 is 17.5 Å². The minimum atomic E-state index is -4.86. The zero-order valence-corrected chi connectivity index (χ0v) is 15.8. The van der Waals surface area contributed by atoms with E-state index < -0.39 is 23.5 Å². The fraction of sp³-hybridized carbons (Fsp3) is 0.350. The molecule has 2 atom stereocenters. The van der Waals surface area contributed by atoms with Crippen LogP contribution in [0.5, 0.6) is 0 Å². The normalized spacial score (nSPS) is 20.1. The monoisotopic (exact) mass is 414 g/mol. The smallest absolute Gasteiger partial charge is 0.338 e. The fourth-order valence-electron chi connectivity index (χ4n) is 3.59. The van der Waals surface area contributed by atoms with Crippen molar-refractivity contribution in [2.24, 2.45) is 0 Å². The van der Waals surface area contributed by atoms with E-state index in [1.165, 1.54) is 4.90 Å². The van der Waals surface area contributed by atoms with Crippen LogP contribution in [0, 0.1) is 5.82 Å². The van der Waals surface area contributed by atoms with E-state index in [9.17, 15) is 22.4 Å². The molecule has 2 aromatic carbocycles. The second-order valence-electron chi connectivity index (χ2n) is 6.83. The SMILES string of the molecule is CN(C(=O)c1ccc(F)c(C(F)(F)F)c1)C1CCNCC1c1ccc(Cl)cc1. The third kappa shape index (κ3) is 4.31. The maximum atomic E-state index is 13.5. The Balaban J connectivity index is 1.88. The lowest BCUT2D eigenvalue weighted by Crippen LogP contribution is -2.49. The molecule has 0 radical (unpaired) electrons. The largest absolute Gasteiger partial charge is 0.419 e. The number of likely N-dealkylation sites (N-methyl/N-ethyl adjacent to an activating group) is 1. The van der Waals surface area contributed by atoms with Crippen molar-refractivity contribution in [3.05, 3.63) is 70.0 Å². The molecule has 28 heavy (non-hydrogen) atoms. The van der Waals surface area contributed by atoms with Crippen molar-refractivity contribution in [2.45, 2.75) is 24.6 Å². The van der Waals surface area contributed by atoms with Gasteiger partial charge in [0.2, 0.25) is 0 Å². The molecule has 2 unspecified atom stereocenters. The van der Waals surface area contributed by atoms with Gasteiger partial charge < -0.3 is 10.2 Å². The van der Waals surface area contributed by atoms with Gasteiger partial charge in [0, 0.05) is 36.1 Å². The van der Waals surface area contributed by atoms with Crippen LogP contribution < -0.4 is 5.32 Å². The van der Waals surface area contributed by atoms with Gasteiger partial charge in [-0.1, -0.05) is 23.7 Å². The lowest BCUT2D eigenvalue weighted by molar-refractivity contribution is -0.140. The molecule has 8 heteroatoms. The second-order valence-corrected chi connectivity index (χ2v) is 7.26. The summed E-state index contributed by atoms with van der Waals surface area (Å²) in [6.07, 6.45) is -4.22. The van der Waals surface area contributed by atoms with Crippen LogP contribution in [0.2, 0.25) is 5.02 Å². The van der Waals surface area contributed by atoms with Crippen LogP contribution in [0.25, 0.3) is 0 Å². The highest BCUT2D eigenvalue weighted by molar-refractivity contribution is 6.30. The van der Waals surface area contributed by atoms with Crippen molar-refractivity contribution in [1.82, 2.24) is 10.2 Å². The molecule has 0 bridgehead atoms. The predicted molar refractivity (Wildman–Crippen MR) is 99.0 cm³/mol. The molecular weight excluding hydrogens is 396 g/mol. The number of hydrogen-bond donors (Lipinski definition) is 1. The standard InChI is InChI=1S/C20H19ClF4N2O/c1-27(19(28)13-4-7-17(22)16(10-13)20(23,24)25)18-8-9-26-11-15(18)12-2-5-14(21)6-3-12/h2-7,10,15,18,26H,8-9,11H2,1H3. The number of piperidine rings is 1. The molecule has 1 aliphatic heterocycles. The van der Waals surface area contributed by atoms with Gasteiger partial charge in [-0.05, 0) is 48.9 Å². The average molecular weight is 415 g/mol. The number of hydrogen-bond acceptors (Lipinski definition) is 2. The molecule has 0 aliphatic carbocycles. The van der Waals surface area contributed by atoms with Crippen LogP contribution in [0.15, 0.2) is 42.5 Å². The molecule has 1 aliphatic rings. The Kier molecular flexibility index (Phi) is 5.95. The molecule has 2 aromatic rings. The number of alkyl halides is 3. The van der Waals surface area contributed by atoms with E-state index in [2.05, 4.69) is 5.32 Å².